The lowest BCUT2D eigenvalue weighted by Crippen LogP contribution is -2.28. The highest BCUT2D eigenvalue weighted by atomic mass is 16.5. The van der Waals surface area contributed by atoms with Crippen molar-refractivity contribution in [2.75, 3.05) is 20.8 Å². The van der Waals surface area contributed by atoms with Crippen LogP contribution in [-0.2, 0) is 20.9 Å². The van der Waals surface area contributed by atoms with E-state index in [1.54, 1.807) is 20.3 Å². The molecule has 1 N–H and O–H groups in total. The Balaban J connectivity index is 1.49. The van der Waals surface area contributed by atoms with Crippen LogP contribution in [0.25, 0.3) is 16.8 Å². The molecular weight excluding hydrogens is 382 g/mol. The van der Waals surface area contributed by atoms with Gasteiger partial charge in [-0.1, -0.05) is 36.4 Å². The predicted molar refractivity (Wildman–Crippen MR) is 115 cm³/mol. The molecule has 30 heavy (non-hydrogen) atoms. The molecule has 1 amide bonds. The fourth-order valence-electron chi connectivity index (χ4n) is 2.92. The lowest BCUT2D eigenvalue weighted by molar-refractivity contribution is -0.143. The molecule has 0 spiro atoms. The highest BCUT2D eigenvalue weighted by molar-refractivity contribution is 5.91. The Bertz CT molecular complexity index is 1070. The molecule has 0 saturated carbocycles. The molecule has 0 heterocycles. The summed E-state index contributed by atoms with van der Waals surface area (Å²) in [6, 6.07) is 19.0. The van der Waals surface area contributed by atoms with Crippen LogP contribution < -0.4 is 14.8 Å². The summed E-state index contributed by atoms with van der Waals surface area (Å²) in [6.07, 6.45) is 2.96. The zero-order valence-electron chi connectivity index (χ0n) is 16.9. The molecule has 0 radical (unpaired) electrons. The van der Waals surface area contributed by atoms with Crippen molar-refractivity contribution in [3.63, 3.8) is 0 Å². The Morgan fingerprint density at radius 1 is 0.933 bits per heavy atom. The molecule has 0 aliphatic heterocycles. The Kier molecular flexibility index (Phi) is 7.05. The van der Waals surface area contributed by atoms with Gasteiger partial charge in [-0.15, -0.1) is 0 Å². The molecule has 0 bridgehead atoms. The van der Waals surface area contributed by atoms with E-state index in [4.69, 9.17) is 14.2 Å². The third-order valence-corrected chi connectivity index (χ3v) is 4.50. The quantitative estimate of drug-likeness (QED) is 0.457. The molecule has 6 heteroatoms. The van der Waals surface area contributed by atoms with Gasteiger partial charge in [-0.2, -0.15) is 0 Å². The molecule has 0 aliphatic carbocycles. The van der Waals surface area contributed by atoms with Gasteiger partial charge in [0.05, 0.1) is 14.2 Å². The number of fused-ring (bicyclic) bond motifs is 1. The zero-order valence-corrected chi connectivity index (χ0v) is 16.9. The molecular formula is C24H23NO5. The van der Waals surface area contributed by atoms with Gasteiger partial charge in [0.25, 0.3) is 5.91 Å². The van der Waals surface area contributed by atoms with Gasteiger partial charge in [0.2, 0.25) is 0 Å². The van der Waals surface area contributed by atoms with Crippen LogP contribution in [0.2, 0.25) is 0 Å². The average molecular weight is 405 g/mol. The number of benzene rings is 3. The van der Waals surface area contributed by atoms with Crippen molar-refractivity contribution in [1.82, 2.24) is 5.32 Å². The summed E-state index contributed by atoms with van der Waals surface area (Å²) in [4.78, 5) is 23.8. The zero-order chi connectivity index (χ0) is 21.3. The van der Waals surface area contributed by atoms with E-state index in [1.807, 2.05) is 60.7 Å². The first kappa shape index (κ1) is 20.9. The standard InChI is InChI=1S/C24H23NO5/c1-28-21-11-10-18-13-17(7-9-19(18)14-21)8-12-24(27)30-16-23(26)25-15-20-5-3-4-6-22(20)29-2/h3-14H,15-16H2,1-2H3,(H,25,26)/b12-8+. The third-order valence-electron chi connectivity index (χ3n) is 4.50. The minimum atomic E-state index is -0.586. The van der Waals surface area contributed by atoms with E-state index >= 15 is 0 Å². The Morgan fingerprint density at radius 2 is 1.70 bits per heavy atom. The second-order valence-corrected chi connectivity index (χ2v) is 6.50. The van der Waals surface area contributed by atoms with Gasteiger partial charge >= 0.3 is 5.97 Å². The number of methoxy groups -OCH3 is 2. The van der Waals surface area contributed by atoms with Crippen LogP contribution >= 0.6 is 0 Å². The van der Waals surface area contributed by atoms with Gasteiger partial charge in [0.15, 0.2) is 6.61 Å². The van der Waals surface area contributed by atoms with E-state index in [-0.39, 0.29) is 19.1 Å². The number of nitrogens with one attached hydrogen (secondary N) is 1. The molecule has 6 nitrogen and oxygen atoms in total. The maximum atomic E-state index is 11.9. The number of esters is 1. The molecule has 0 unspecified atom stereocenters. The number of carbonyl (C=O) groups excluding carboxylic acids is 2. The smallest absolute Gasteiger partial charge is 0.331 e. The van der Waals surface area contributed by atoms with Gasteiger partial charge in [-0.25, -0.2) is 4.79 Å². The second-order valence-electron chi connectivity index (χ2n) is 6.50. The predicted octanol–water partition coefficient (Wildman–Crippen LogP) is 3.73. The Morgan fingerprint density at radius 3 is 2.50 bits per heavy atom. The maximum Gasteiger partial charge on any atom is 0.331 e. The molecule has 0 fully saturated rings. The van der Waals surface area contributed by atoms with E-state index in [9.17, 15) is 9.59 Å². The maximum absolute atomic E-state index is 11.9. The van der Waals surface area contributed by atoms with E-state index in [0.717, 1.165) is 27.6 Å². The van der Waals surface area contributed by atoms with Crippen molar-refractivity contribution in [1.29, 1.82) is 0 Å². The van der Waals surface area contributed by atoms with Crippen molar-refractivity contribution in [2.24, 2.45) is 0 Å². The first-order valence-electron chi connectivity index (χ1n) is 9.40. The summed E-state index contributed by atoms with van der Waals surface area (Å²) in [5.41, 5.74) is 1.69. The fourth-order valence-corrected chi connectivity index (χ4v) is 2.92. The van der Waals surface area contributed by atoms with E-state index in [1.165, 1.54) is 6.08 Å². The van der Waals surface area contributed by atoms with Gasteiger partial charge in [0, 0.05) is 18.2 Å². The molecule has 0 aromatic heterocycles. The highest BCUT2D eigenvalue weighted by Crippen LogP contribution is 2.22. The summed E-state index contributed by atoms with van der Waals surface area (Å²) in [6.45, 7) is -0.0616. The van der Waals surface area contributed by atoms with Gasteiger partial charge in [-0.3, -0.25) is 4.79 Å². The van der Waals surface area contributed by atoms with Crippen LogP contribution in [0.15, 0.2) is 66.7 Å². The lowest BCUT2D eigenvalue weighted by atomic mass is 10.1. The monoisotopic (exact) mass is 405 g/mol. The minimum absolute atomic E-state index is 0.290. The van der Waals surface area contributed by atoms with Crippen molar-refractivity contribution in [3.05, 3.63) is 77.9 Å². The topological polar surface area (TPSA) is 73.9 Å². The molecule has 0 saturated heterocycles. The molecule has 3 rings (SSSR count). The number of amides is 1. The summed E-state index contributed by atoms with van der Waals surface area (Å²) < 4.78 is 15.5. The number of para-hydroxylation sites is 1. The van der Waals surface area contributed by atoms with Crippen LogP contribution in [0.5, 0.6) is 11.5 Å². The second kappa shape index (κ2) is 10.1. The van der Waals surface area contributed by atoms with E-state index in [2.05, 4.69) is 5.32 Å². The van der Waals surface area contributed by atoms with Crippen molar-refractivity contribution < 1.29 is 23.8 Å². The van der Waals surface area contributed by atoms with E-state index < -0.39 is 5.97 Å². The largest absolute Gasteiger partial charge is 0.497 e. The summed E-state index contributed by atoms with van der Waals surface area (Å²) in [5, 5.41) is 4.77. The van der Waals surface area contributed by atoms with Gasteiger partial charge in [-0.05, 0) is 46.7 Å². The lowest BCUT2D eigenvalue weighted by Gasteiger charge is -2.09. The van der Waals surface area contributed by atoms with Crippen LogP contribution in [0, 0.1) is 0 Å². The summed E-state index contributed by atoms with van der Waals surface area (Å²) >= 11 is 0. The van der Waals surface area contributed by atoms with Crippen LogP contribution in [0.3, 0.4) is 0 Å². The molecule has 0 aliphatic rings. The first-order chi connectivity index (χ1) is 14.6. The first-order valence-corrected chi connectivity index (χ1v) is 9.40. The molecule has 154 valence electrons. The normalized spacial score (nSPS) is 10.7. The molecule has 0 atom stereocenters. The van der Waals surface area contributed by atoms with E-state index in [0.29, 0.717) is 5.75 Å². The van der Waals surface area contributed by atoms with Crippen LogP contribution in [-0.4, -0.2) is 32.7 Å². The van der Waals surface area contributed by atoms with Crippen molar-refractivity contribution >= 4 is 28.7 Å². The number of hydrogen-bond donors (Lipinski definition) is 1. The van der Waals surface area contributed by atoms with Gasteiger partial charge < -0.3 is 19.5 Å². The Labute approximate surface area is 175 Å². The number of carbonyl (C=O) groups is 2. The number of ether oxygens (including phenoxy) is 3. The highest BCUT2D eigenvalue weighted by Gasteiger charge is 2.07. The van der Waals surface area contributed by atoms with Crippen molar-refractivity contribution in [3.8, 4) is 11.5 Å². The average Bonchev–Trinajstić information content (AvgIpc) is 2.79. The van der Waals surface area contributed by atoms with Crippen LogP contribution in [0.4, 0.5) is 0 Å². The summed E-state index contributed by atoms with van der Waals surface area (Å²) in [7, 11) is 3.20. The third kappa shape index (κ3) is 5.61. The SMILES string of the molecule is COc1ccc2cc(/C=C/C(=O)OCC(=O)NCc3ccccc3OC)ccc2c1. The fraction of sp³-hybridized carbons (Fsp3) is 0.167. The minimum Gasteiger partial charge on any atom is -0.497 e. The molecule has 3 aromatic carbocycles. The summed E-state index contributed by atoms with van der Waals surface area (Å²) in [5.74, 6) is 0.504. The molecule has 3 aromatic rings. The van der Waals surface area contributed by atoms with Crippen LogP contribution in [0.1, 0.15) is 11.1 Å². The Hall–Kier alpha value is -3.80. The number of hydrogen-bond acceptors (Lipinski definition) is 5. The van der Waals surface area contributed by atoms with Gasteiger partial charge in [0.1, 0.15) is 11.5 Å². The number of rotatable bonds is 8. The van der Waals surface area contributed by atoms with Crippen molar-refractivity contribution in [2.45, 2.75) is 6.54 Å².